The van der Waals surface area contributed by atoms with Crippen molar-refractivity contribution in [1.29, 1.82) is 0 Å². The Morgan fingerprint density at radius 3 is 2.52 bits per heavy atom. The summed E-state index contributed by atoms with van der Waals surface area (Å²) in [5, 5.41) is 22.6. The van der Waals surface area contributed by atoms with Gasteiger partial charge in [0.2, 0.25) is 0 Å². The van der Waals surface area contributed by atoms with Gasteiger partial charge in [0.15, 0.2) is 0 Å². The molecule has 2 rings (SSSR count). The zero-order chi connectivity index (χ0) is 18.4. The minimum atomic E-state index is -4.17. The van der Waals surface area contributed by atoms with Crippen LogP contribution in [-0.4, -0.2) is 47.9 Å². The first-order chi connectivity index (χ1) is 11.8. The third-order valence-electron chi connectivity index (χ3n) is 4.53. The number of hydrogen-bond donors (Lipinski definition) is 3. The predicted octanol–water partition coefficient (Wildman–Crippen LogP) is 2.87. The lowest BCUT2D eigenvalue weighted by atomic mass is 9.96. The van der Waals surface area contributed by atoms with Crippen molar-refractivity contribution in [1.82, 2.24) is 5.32 Å². The van der Waals surface area contributed by atoms with E-state index in [4.69, 9.17) is 9.84 Å². The smallest absolute Gasteiger partial charge is 0.389 e. The van der Waals surface area contributed by atoms with Crippen molar-refractivity contribution >= 4 is 0 Å². The number of aryl methyl sites for hydroxylation is 1. The molecule has 4 nitrogen and oxygen atoms in total. The fraction of sp³-hybridized carbons (Fsp3) is 0.667. The van der Waals surface area contributed by atoms with E-state index in [1.165, 1.54) is 0 Å². The Morgan fingerprint density at radius 1 is 1.28 bits per heavy atom. The predicted molar refractivity (Wildman–Crippen MR) is 88.2 cm³/mol. The van der Waals surface area contributed by atoms with E-state index in [0.717, 1.165) is 11.1 Å². The van der Waals surface area contributed by atoms with Crippen molar-refractivity contribution in [2.24, 2.45) is 0 Å². The summed E-state index contributed by atoms with van der Waals surface area (Å²) in [6.45, 7) is 2.01. The number of hydrogen-bond acceptors (Lipinski definition) is 4. The van der Waals surface area contributed by atoms with Crippen molar-refractivity contribution < 1.29 is 28.1 Å². The topological polar surface area (TPSA) is 61.7 Å². The lowest BCUT2D eigenvalue weighted by Gasteiger charge is -2.36. The Kier molecular flexibility index (Phi) is 7.25. The minimum Gasteiger partial charge on any atom is -0.394 e. The highest BCUT2D eigenvalue weighted by atomic mass is 19.4. The lowest BCUT2D eigenvalue weighted by molar-refractivity contribution is -0.136. The van der Waals surface area contributed by atoms with Crippen molar-refractivity contribution in [3.63, 3.8) is 0 Å². The number of rotatable bonds is 7. The van der Waals surface area contributed by atoms with E-state index in [1.54, 1.807) is 0 Å². The number of halogens is 3. The molecule has 25 heavy (non-hydrogen) atoms. The Bertz CT molecular complexity index is 521. The van der Waals surface area contributed by atoms with Gasteiger partial charge in [-0.1, -0.05) is 29.8 Å². The van der Waals surface area contributed by atoms with Crippen LogP contribution in [0.4, 0.5) is 13.2 Å². The standard InChI is InChI=1S/C18H26F3NO3/c1-12-4-6-13(7-5-12)15(3-2-8-18(19,20)21)22-16-11-25-14(10-23)9-17(16)24/h4-7,14-17,22-24H,2-3,8-11H2,1H3/t14-,15?,16?,17-/m0/s1. The van der Waals surface area contributed by atoms with E-state index in [-0.39, 0.29) is 31.7 Å². The summed E-state index contributed by atoms with van der Waals surface area (Å²) in [5.74, 6) is 0. The Balaban J connectivity index is 2.02. The molecule has 1 saturated heterocycles. The zero-order valence-electron chi connectivity index (χ0n) is 14.3. The summed E-state index contributed by atoms with van der Waals surface area (Å²) in [6.07, 6.45) is -5.46. The molecule has 0 bridgehead atoms. The van der Waals surface area contributed by atoms with E-state index >= 15 is 0 Å². The first-order valence-corrected chi connectivity index (χ1v) is 8.58. The average Bonchev–Trinajstić information content (AvgIpc) is 2.55. The van der Waals surface area contributed by atoms with Gasteiger partial charge in [0.05, 0.1) is 31.5 Å². The second-order valence-corrected chi connectivity index (χ2v) is 6.68. The van der Waals surface area contributed by atoms with Crippen molar-refractivity contribution in [2.75, 3.05) is 13.2 Å². The van der Waals surface area contributed by atoms with Gasteiger partial charge in [-0.15, -0.1) is 0 Å². The number of nitrogens with one attached hydrogen (secondary N) is 1. The quantitative estimate of drug-likeness (QED) is 0.699. The molecule has 0 aliphatic carbocycles. The van der Waals surface area contributed by atoms with Crippen LogP contribution in [-0.2, 0) is 4.74 Å². The monoisotopic (exact) mass is 361 g/mol. The van der Waals surface area contributed by atoms with Crippen LogP contribution in [0.15, 0.2) is 24.3 Å². The van der Waals surface area contributed by atoms with Gasteiger partial charge in [-0.2, -0.15) is 13.2 Å². The molecule has 4 atom stereocenters. The molecule has 1 fully saturated rings. The van der Waals surface area contributed by atoms with Gasteiger partial charge in [-0.3, -0.25) is 0 Å². The SMILES string of the molecule is Cc1ccc(C(CCCC(F)(F)F)NC2CO[C@H](CO)C[C@@H]2O)cc1. The third kappa shape index (κ3) is 6.58. The first-order valence-electron chi connectivity index (χ1n) is 8.58. The van der Waals surface area contributed by atoms with Gasteiger partial charge in [0, 0.05) is 18.9 Å². The summed E-state index contributed by atoms with van der Waals surface area (Å²) in [7, 11) is 0. The van der Waals surface area contributed by atoms with Crippen molar-refractivity contribution in [2.45, 2.75) is 63.1 Å². The number of alkyl halides is 3. The molecule has 0 radical (unpaired) electrons. The maximum absolute atomic E-state index is 12.5. The second kappa shape index (κ2) is 8.98. The summed E-state index contributed by atoms with van der Waals surface area (Å²) in [6, 6.07) is 6.96. The van der Waals surface area contributed by atoms with Crippen LogP contribution in [0.5, 0.6) is 0 Å². The molecule has 0 aromatic heterocycles. The van der Waals surface area contributed by atoms with Crippen LogP contribution < -0.4 is 5.32 Å². The molecule has 1 aromatic rings. The molecule has 0 saturated carbocycles. The molecule has 7 heteroatoms. The highest BCUT2D eigenvalue weighted by molar-refractivity contribution is 5.24. The highest BCUT2D eigenvalue weighted by Crippen LogP contribution is 2.28. The van der Waals surface area contributed by atoms with Gasteiger partial charge >= 0.3 is 6.18 Å². The van der Waals surface area contributed by atoms with Crippen molar-refractivity contribution in [3.8, 4) is 0 Å². The van der Waals surface area contributed by atoms with E-state index < -0.39 is 24.8 Å². The lowest BCUT2D eigenvalue weighted by Crippen LogP contribution is -2.51. The van der Waals surface area contributed by atoms with E-state index in [9.17, 15) is 18.3 Å². The van der Waals surface area contributed by atoms with Gasteiger partial charge in [0.25, 0.3) is 0 Å². The maximum atomic E-state index is 12.5. The number of benzene rings is 1. The third-order valence-corrected chi connectivity index (χ3v) is 4.53. The molecule has 1 heterocycles. The van der Waals surface area contributed by atoms with Gasteiger partial charge in [0.1, 0.15) is 0 Å². The molecule has 0 amide bonds. The summed E-state index contributed by atoms with van der Waals surface area (Å²) >= 11 is 0. The summed E-state index contributed by atoms with van der Waals surface area (Å²) in [5.41, 5.74) is 1.97. The largest absolute Gasteiger partial charge is 0.394 e. The number of aliphatic hydroxyl groups is 2. The minimum absolute atomic E-state index is 0.0119. The number of ether oxygens (including phenoxy) is 1. The highest BCUT2D eigenvalue weighted by Gasteiger charge is 2.32. The van der Waals surface area contributed by atoms with Crippen LogP contribution in [0.3, 0.4) is 0 Å². The van der Waals surface area contributed by atoms with Crippen LogP contribution in [0.25, 0.3) is 0 Å². The molecule has 3 N–H and O–H groups in total. The summed E-state index contributed by atoms with van der Waals surface area (Å²) < 4.78 is 42.9. The van der Waals surface area contributed by atoms with Crippen LogP contribution in [0, 0.1) is 6.92 Å². The van der Waals surface area contributed by atoms with Gasteiger partial charge in [-0.05, 0) is 25.3 Å². The van der Waals surface area contributed by atoms with E-state index in [2.05, 4.69) is 5.32 Å². The molecule has 2 unspecified atom stereocenters. The van der Waals surface area contributed by atoms with Crippen molar-refractivity contribution in [3.05, 3.63) is 35.4 Å². The molecular formula is C18H26F3NO3. The molecule has 1 aliphatic rings. The Morgan fingerprint density at radius 2 is 1.96 bits per heavy atom. The van der Waals surface area contributed by atoms with Crippen LogP contribution in [0.2, 0.25) is 0 Å². The van der Waals surface area contributed by atoms with E-state index in [1.807, 2.05) is 31.2 Å². The molecule has 1 aliphatic heterocycles. The number of aliphatic hydroxyl groups excluding tert-OH is 2. The second-order valence-electron chi connectivity index (χ2n) is 6.68. The average molecular weight is 361 g/mol. The van der Waals surface area contributed by atoms with E-state index in [0.29, 0.717) is 12.8 Å². The fourth-order valence-electron chi connectivity index (χ4n) is 3.05. The first kappa shape index (κ1) is 20.2. The maximum Gasteiger partial charge on any atom is 0.389 e. The molecular weight excluding hydrogens is 335 g/mol. The molecule has 142 valence electrons. The zero-order valence-corrected chi connectivity index (χ0v) is 14.3. The molecule has 1 aromatic carbocycles. The fourth-order valence-corrected chi connectivity index (χ4v) is 3.05. The Hall–Kier alpha value is -1.15. The van der Waals surface area contributed by atoms with Crippen LogP contribution >= 0.6 is 0 Å². The van der Waals surface area contributed by atoms with Gasteiger partial charge in [-0.25, -0.2) is 0 Å². The molecule has 0 spiro atoms. The Labute approximate surface area is 146 Å². The summed E-state index contributed by atoms with van der Waals surface area (Å²) in [4.78, 5) is 0. The van der Waals surface area contributed by atoms with Gasteiger partial charge < -0.3 is 20.3 Å². The van der Waals surface area contributed by atoms with Crippen LogP contribution in [0.1, 0.15) is 42.9 Å². The normalized spacial score (nSPS) is 25.8.